The summed E-state index contributed by atoms with van der Waals surface area (Å²) in [7, 11) is 0. The number of halogens is 2. The SMILES string of the molecule is [I-].[I-].[O-2].[O-2].[O-2].[O-2].[O-2].[Sb+3].[Sb+3].[Sb+3].[Sb+3]. The van der Waals surface area contributed by atoms with E-state index in [1.807, 2.05) is 0 Å². The predicted molar refractivity (Wildman–Crippen MR) is 26.4 cm³/mol. The fourth-order valence-corrected chi connectivity index (χ4v) is 0. The molecule has 0 unspecified atom stereocenters. The van der Waals surface area contributed by atoms with Crippen molar-refractivity contribution in [3.8, 4) is 0 Å². The Morgan fingerprint density at radius 3 is 0.273 bits per heavy atom. The van der Waals surface area contributed by atoms with Gasteiger partial charge in [-0.1, -0.05) is 0 Å². The molecule has 0 saturated heterocycles. The van der Waals surface area contributed by atoms with Crippen LogP contribution in [0.1, 0.15) is 0 Å². The maximum atomic E-state index is 0. The molecule has 0 amide bonds. The molecule has 0 N–H and O–H groups in total. The van der Waals surface area contributed by atoms with Crippen LogP contribution in [0.3, 0.4) is 0 Å². The molecule has 0 spiro atoms. The van der Waals surface area contributed by atoms with Crippen molar-refractivity contribution in [1.82, 2.24) is 0 Å². The van der Waals surface area contributed by atoms with E-state index >= 15 is 0 Å². The van der Waals surface area contributed by atoms with E-state index in [-0.39, 0.29) is 173 Å². The molecule has 0 rings (SSSR count). The number of hydrogen-bond donors (Lipinski definition) is 0. The minimum absolute atomic E-state index is 0. The molecular weight excluding hydrogens is 821 g/mol. The van der Waals surface area contributed by atoms with Gasteiger partial charge >= 0.3 is 97.7 Å². The second-order valence-electron chi connectivity index (χ2n) is 0. The number of hydrogen-bond acceptors (Lipinski definition) is 0. The van der Waals surface area contributed by atoms with Crippen LogP contribution >= 0.6 is 0 Å². The molecule has 0 aromatic carbocycles. The van der Waals surface area contributed by atoms with Gasteiger partial charge < -0.3 is 75.3 Å². The summed E-state index contributed by atoms with van der Waals surface area (Å²) < 4.78 is 0. The van der Waals surface area contributed by atoms with Crippen molar-refractivity contribution in [2.24, 2.45) is 0 Å². The zero-order valence-electron chi connectivity index (χ0n) is 4.59. The van der Waals surface area contributed by atoms with E-state index in [1.165, 1.54) is 0 Å². The van der Waals surface area contributed by atoms with Crippen LogP contribution in [0, 0.1) is 0 Å². The molecule has 0 aliphatic carbocycles. The normalized spacial score (nSPS) is 0. The second-order valence-corrected chi connectivity index (χ2v) is 0. The van der Waals surface area contributed by atoms with Crippen molar-refractivity contribution in [3.05, 3.63) is 0 Å². The van der Waals surface area contributed by atoms with Gasteiger partial charge in [0.05, 0.1) is 0 Å². The van der Waals surface area contributed by atoms with Gasteiger partial charge in [0, 0.05) is 0 Å². The molecule has 0 aliphatic rings. The van der Waals surface area contributed by atoms with Gasteiger partial charge in [-0.25, -0.2) is 0 Å². The second kappa shape index (κ2) is 130. The fraction of sp³-hybridized carbons (Fsp3) is 0. The zero-order chi connectivity index (χ0) is 0. The van der Waals surface area contributed by atoms with Crippen LogP contribution < -0.4 is 48.0 Å². The first kappa shape index (κ1) is 160. The van der Waals surface area contributed by atoms with Crippen LogP contribution in [-0.4, -0.2) is 97.7 Å². The van der Waals surface area contributed by atoms with Crippen molar-refractivity contribution < 1.29 is 75.3 Å². The molecule has 64 valence electrons. The summed E-state index contributed by atoms with van der Waals surface area (Å²) in [5, 5.41) is 0. The molecule has 0 aromatic rings. The Morgan fingerprint density at radius 1 is 0.273 bits per heavy atom. The van der Waals surface area contributed by atoms with Gasteiger partial charge in [-0.15, -0.1) is 0 Å². The van der Waals surface area contributed by atoms with Crippen LogP contribution in [0.15, 0.2) is 0 Å². The van der Waals surface area contributed by atoms with E-state index in [4.69, 9.17) is 0 Å². The standard InChI is InChI=1S/2HI.5O.4Sb/h2*1H;;;;;;;;;/q;;5*-2;4*+3/p-2. The van der Waals surface area contributed by atoms with Crippen LogP contribution in [0.25, 0.3) is 0 Å². The summed E-state index contributed by atoms with van der Waals surface area (Å²) in [6.45, 7) is 0. The smallest absolute Gasteiger partial charge is 2.00 e. The van der Waals surface area contributed by atoms with Gasteiger partial charge in [-0.2, -0.15) is 0 Å². The summed E-state index contributed by atoms with van der Waals surface area (Å²) in [5.74, 6) is 0. The van der Waals surface area contributed by atoms with Crippen molar-refractivity contribution in [1.29, 1.82) is 0 Å². The Labute approximate surface area is 169 Å². The molecule has 0 heterocycles. The Kier molecular flexibility index (Phi) is 1880. The number of rotatable bonds is 0. The minimum atomic E-state index is 0. The van der Waals surface area contributed by atoms with E-state index < -0.39 is 0 Å². The van der Waals surface area contributed by atoms with Crippen LogP contribution in [0.2, 0.25) is 0 Å². The van der Waals surface area contributed by atoms with Crippen LogP contribution in [0.4, 0.5) is 0 Å². The molecule has 8 radical (unpaired) electrons. The molecule has 11 heteroatoms. The predicted octanol–water partition coefficient (Wildman–Crippen LogP) is -8.11. The summed E-state index contributed by atoms with van der Waals surface area (Å²) >= 11 is 0. The molecular formula is I2O5Sb4. The summed E-state index contributed by atoms with van der Waals surface area (Å²) in [6.07, 6.45) is 0. The van der Waals surface area contributed by atoms with Gasteiger partial charge in [0.1, 0.15) is 0 Å². The zero-order valence-corrected chi connectivity index (χ0v) is 19.1. The summed E-state index contributed by atoms with van der Waals surface area (Å²) in [5.41, 5.74) is 0. The molecule has 0 fully saturated rings. The van der Waals surface area contributed by atoms with E-state index in [2.05, 4.69) is 0 Å². The third-order valence-corrected chi connectivity index (χ3v) is 0. The summed E-state index contributed by atoms with van der Waals surface area (Å²) in [4.78, 5) is 0. The van der Waals surface area contributed by atoms with E-state index in [0.29, 0.717) is 0 Å². The molecule has 0 bridgehead atoms. The van der Waals surface area contributed by atoms with E-state index in [1.54, 1.807) is 0 Å². The largest absolute Gasteiger partial charge is 3.00 e. The molecule has 5 nitrogen and oxygen atoms in total. The van der Waals surface area contributed by atoms with E-state index in [0.717, 1.165) is 0 Å². The first-order valence-electron chi connectivity index (χ1n) is 0. The Bertz CT molecular complexity index is 16.4. The molecule has 11 heavy (non-hydrogen) atoms. The Hall–Kier alpha value is 4.53. The van der Waals surface area contributed by atoms with E-state index in [9.17, 15) is 0 Å². The van der Waals surface area contributed by atoms with Gasteiger partial charge in [0.25, 0.3) is 0 Å². The van der Waals surface area contributed by atoms with Crippen LogP contribution in [0.5, 0.6) is 0 Å². The monoisotopic (exact) mass is 817 g/mol. The minimum Gasteiger partial charge on any atom is -2.00 e. The van der Waals surface area contributed by atoms with Crippen molar-refractivity contribution in [2.45, 2.75) is 0 Å². The van der Waals surface area contributed by atoms with Gasteiger partial charge in [0.15, 0.2) is 0 Å². The molecule has 0 saturated carbocycles. The fourth-order valence-electron chi connectivity index (χ4n) is 0. The third-order valence-electron chi connectivity index (χ3n) is 0. The van der Waals surface area contributed by atoms with Gasteiger partial charge in [-0.05, 0) is 0 Å². The van der Waals surface area contributed by atoms with Crippen LogP contribution in [-0.2, 0) is 27.4 Å². The summed E-state index contributed by atoms with van der Waals surface area (Å²) in [6, 6.07) is 0. The van der Waals surface area contributed by atoms with Gasteiger partial charge in [-0.3, -0.25) is 0 Å². The average molecular weight is 821 g/mol. The topological polar surface area (TPSA) is 142 Å². The molecule has 0 aromatic heterocycles. The Balaban J connectivity index is 0. The maximum absolute atomic E-state index is 0. The van der Waals surface area contributed by atoms with Gasteiger partial charge in [0.2, 0.25) is 0 Å². The average Bonchev–Trinajstić information content (AvgIpc) is 0. The van der Waals surface area contributed by atoms with Crippen molar-refractivity contribution >= 4 is 97.7 Å². The third kappa shape index (κ3) is 111. The molecule has 0 atom stereocenters. The van der Waals surface area contributed by atoms with Crippen molar-refractivity contribution in [3.63, 3.8) is 0 Å². The maximum Gasteiger partial charge on any atom is 3.00 e. The molecule has 0 aliphatic heterocycles. The first-order chi connectivity index (χ1) is 0. The quantitative estimate of drug-likeness (QED) is 0.169. The Morgan fingerprint density at radius 2 is 0.273 bits per heavy atom. The first-order valence-corrected chi connectivity index (χ1v) is 0. The van der Waals surface area contributed by atoms with Crippen molar-refractivity contribution in [2.75, 3.05) is 0 Å².